The van der Waals surface area contributed by atoms with E-state index in [0.717, 1.165) is 16.6 Å². The van der Waals surface area contributed by atoms with Gasteiger partial charge in [-0.15, -0.1) is 0 Å². The molecule has 1 atom stereocenters. The topological polar surface area (TPSA) is 23.5 Å². The maximum Gasteiger partial charge on any atom is 0.0682 e. The molecule has 1 N–H and O–H groups in total. The van der Waals surface area contributed by atoms with E-state index in [9.17, 15) is 0 Å². The van der Waals surface area contributed by atoms with Crippen LogP contribution < -0.4 is 4.90 Å². The Labute approximate surface area is 112 Å². The van der Waals surface area contributed by atoms with E-state index in [2.05, 4.69) is 33.8 Å². The van der Waals surface area contributed by atoms with E-state index in [1.807, 2.05) is 12.1 Å². The van der Waals surface area contributed by atoms with E-state index in [4.69, 9.17) is 5.11 Å². The van der Waals surface area contributed by atoms with E-state index in [1.165, 1.54) is 31.4 Å². The molecule has 0 spiro atoms. The highest BCUT2D eigenvalue weighted by molar-refractivity contribution is 9.10. The van der Waals surface area contributed by atoms with E-state index in [-0.39, 0.29) is 6.61 Å². The number of nitrogens with zero attached hydrogens (tertiary/aromatic N) is 1. The molecule has 0 amide bonds. The molecule has 1 aliphatic heterocycles. The van der Waals surface area contributed by atoms with Crippen LogP contribution >= 0.6 is 15.9 Å². The summed E-state index contributed by atoms with van der Waals surface area (Å²) < 4.78 is 1.10. The van der Waals surface area contributed by atoms with Crippen molar-refractivity contribution in [3.63, 3.8) is 0 Å². The first-order chi connectivity index (χ1) is 8.22. The van der Waals surface area contributed by atoms with E-state index >= 15 is 0 Å². The molecule has 0 bridgehead atoms. The minimum Gasteiger partial charge on any atom is -0.392 e. The second-order valence-electron chi connectivity index (χ2n) is 4.84. The number of rotatable bonds is 2. The van der Waals surface area contributed by atoms with E-state index in [1.54, 1.807) is 0 Å². The summed E-state index contributed by atoms with van der Waals surface area (Å²) in [7, 11) is 0. The fraction of sp³-hybridized carbons (Fsp3) is 0.571. The predicted molar refractivity (Wildman–Crippen MR) is 75.3 cm³/mol. The van der Waals surface area contributed by atoms with E-state index in [0.29, 0.717) is 6.04 Å². The van der Waals surface area contributed by atoms with Gasteiger partial charge in [-0.25, -0.2) is 0 Å². The molecular weight excluding hydrogens is 278 g/mol. The molecule has 0 aliphatic carbocycles. The molecular formula is C14H20BrNO. The van der Waals surface area contributed by atoms with Crippen molar-refractivity contribution in [2.45, 2.75) is 45.3 Å². The van der Waals surface area contributed by atoms with Crippen molar-refractivity contribution >= 4 is 21.6 Å². The van der Waals surface area contributed by atoms with Crippen molar-refractivity contribution in [3.8, 4) is 0 Å². The van der Waals surface area contributed by atoms with Gasteiger partial charge in [-0.05, 0) is 53.4 Å². The number of aliphatic hydroxyl groups excluding tert-OH is 1. The first kappa shape index (κ1) is 12.9. The van der Waals surface area contributed by atoms with Crippen molar-refractivity contribution < 1.29 is 5.11 Å². The Morgan fingerprint density at radius 3 is 2.88 bits per heavy atom. The second kappa shape index (κ2) is 5.87. The summed E-state index contributed by atoms with van der Waals surface area (Å²) in [6.07, 6.45) is 5.23. The highest BCUT2D eigenvalue weighted by Gasteiger charge is 2.19. The molecule has 94 valence electrons. The first-order valence-corrected chi connectivity index (χ1v) is 7.17. The number of hydrogen-bond donors (Lipinski definition) is 1. The Hall–Kier alpha value is -0.540. The molecule has 3 heteroatoms. The molecule has 0 saturated carbocycles. The molecule has 1 fully saturated rings. The van der Waals surface area contributed by atoms with Crippen LogP contribution in [0.3, 0.4) is 0 Å². The van der Waals surface area contributed by atoms with Crippen molar-refractivity contribution in [2.24, 2.45) is 0 Å². The summed E-state index contributed by atoms with van der Waals surface area (Å²) in [5.74, 6) is 0. The van der Waals surface area contributed by atoms with Gasteiger partial charge < -0.3 is 10.0 Å². The van der Waals surface area contributed by atoms with E-state index < -0.39 is 0 Å². The highest BCUT2D eigenvalue weighted by Crippen LogP contribution is 2.31. The maximum atomic E-state index is 9.13. The minimum atomic E-state index is 0.106. The van der Waals surface area contributed by atoms with Gasteiger partial charge in [0.05, 0.1) is 12.3 Å². The van der Waals surface area contributed by atoms with Crippen LogP contribution in [0.5, 0.6) is 0 Å². The predicted octanol–water partition coefficient (Wildman–Crippen LogP) is 3.71. The Morgan fingerprint density at radius 1 is 1.35 bits per heavy atom. The van der Waals surface area contributed by atoms with Crippen molar-refractivity contribution in [1.82, 2.24) is 0 Å². The number of aliphatic hydroxyl groups is 1. The molecule has 1 saturated heterocycles. The Bertz CT molecular complexity index is 380. The normalized spacial score (nSPS) is 21.4. The zero-order chi connectivity index (χ0) is 12.3. The smallest absolute Gasteiger partial charge is 0.0682 e. The van der Waals surface area contributed by atoms with Crippen LogP contribution in [0.1, 0.15) is 38.2 Å². The monoisotopic (exact) mass is 297 g/mol. The third-order valence-corrected chi connectivity index (χ3v) is 4.19. The summed E-state index contributed by atoms with van der Waals surface area (Å²) >= 11 is 3.62. The zero-order valence-corrected chi connectivity index (χ0v) is 11.9. The molecule has 1 unspecified atom stereocenters. The Kier molecular flexibility index (Phi) is 4.46. The van der Waals surface area contributed by atoms with Gasteiger partial charge >= 0.3 is 0 Å². The standard InChI is InChI=1S/C14H20BrNO/c1-11-5-3-2-4-8-16(11)14-7-6-12(10-17)9-13(14)15/h6-7,9,11,17H,2-5,8,10H2,1H3. The lowest BCUT2D eigenvalue weighted by atomic mass is 10.1. The molecule has 2 rings (SSSR count). The van der Waals surface area contributed by atoms with Gasteiger partial charge in [0.1, 0.15) is 0 Å². The molecule has 0 aromatic heterocycles. The Balaban J connectivity index is 2.25. The van der Waals surface area contributed by atoms with Gasteiger partial charge in [0, 0.05) is 17.1 Å². The molecule has 0 radical (unpaired) electrons. The fourth-order valence-electron chi connectivity index (χ4n) is 2.51. The van der Waals surface area contributed by atoms with Gasteiger partial charge in [-0.3, -0.25) is 0 Å². The molecule has 1 aliphatic rings. The van der Waals surface area contributed by atoms with Gasteiger partial charge in [0.25, 0.3) is 0 Å². The summed E-state index contributed by atoms with van der Waals surface area (Å²) in [5, 5.41) is 9.13. The fourth-order valence-corrected chi connectivity index (χ4v) is 3.17. The third-order valence-electron chi connectivity index (χ3n) is 3.56. The average molecular weight is 298 g/mol. The summed E-state index contributed by atoms with van der Waals surface area (Å²) in [4.78, 5) is 2.48. The number of benzene rings is 1. The third kappa shape index (κ3) is 3.02. The molecule has 1 heterocycles. The van der Waals surface area contributed by atoms with Gasteiger partial charge in [0.15, 0.2) is 0 Å². The summed E-state index contributed by atoms with van der Waals surface area (Å²) in [6.45, 7) is 3.55. The Morgan fingerprint density at radius 2 is 2.18 bits per heavy atom. The second-order valence-corrected chi connectivity index (χ2v) is 5.69. The number of hydrogen-bond acceptors (Lipinski definition) is 2. The van der Waals surface area contributed by atoms with Crippen molar-refractivity contribution in [1.29, 1.82) is 0 Å². The van der Waals surface area contributed by atoms with Crippen LogP contribution in [0.15, 0.2) is 22.7 Å². The lowest BCUT2D eigenvalue weighted by Gasteiger charge is -2.30. The average Bonchev–Trinajstić information content (AvgIpc) is 2.54. The molecule has 1 aromatic carbocycles. The van der Waals surface area contributed by atoms with Gasteiger partial charge in [-0.1, -0.05) is 18.9 Å². The zero-order valence-electron chi connectivity index (χ0n) is 10.3. The van der Waals surface area contributed by atoms with Crippen LogP contribution in [0.4, 0.5) is 5.69 Å². The number of anilines is 1. The molecule has 2 nitrogen and oxygen atoms in total. The van der Waals surface area contributed by atoms with Crippen molar-refractivity contribution in [3.05, 3.63) is 28.2 Å². The quantitative estimate of drug-likeness (QED) is 0.899. The first-order valence-electron chi connectivity index (χ1n) is 6.38. The SMILES string of the molecule is CC1CCCCCN1c1ccc(CO)cc1Br. The largest absolute Gasteiger partial charge is 0.392 e. The summed E-state index contributed by atoms with van der Waals surface area (Å²) in [6, 6.07) is 6.76. The van der Waals surface area contributed by atoms with Crippen LogP contribution in [-0.2, 0) is 6.61 Å². The van der Waals surface area contributed by atoms with Crippen LogP contribution in [0, 0.1) is 0 Å². The van der Waals surface area contributed by atoms with Crippen LogP contribution in [0.2, 0.25) is 0 Å². The molecule has 1 aromatic rings. The van der Waals surface area contributed by atoms with Crippen LogP contribution in [-0.4, -0.2) is 17.7 Å². The summed E-state index contributed by atoms with van der Waals surface area (Å²) in [5.41, 5.74) is 2.22. The van der Waals surface area contributed by atoms with Gasteiger partial charge in [0.2, 0.25) is 0 Å². The van der Waals surface area contributed by atoms with Crippen LogP contribution in [0.25, 0.3) is 0 Å². The lowest BCUT2D eigenvalue weighted by molar-refractivity contribution is 0.282. The lowest BCUT2D eigenvalue weighted by Crippen LogP contribution is -2.32. The number of halogens is 1. The molecule has 17 heavy (non-hydrogen) atoms. The highest BCUT2D eigenvalue weighted by atomic mass is 79.9. The van der Waals surface area contributed by atoms with Gasteiger partial charge in [-0.2, -0.15) is 0 Å². The minimum absolute atomic E-state index is 0.106. The van der Waals surface area contributed by atoms with Crippen molar-refractivity contribution in [2.75, 3.05) is 11.4 Å². The maximum absolute atomic E-state index is 9.13.